The number of carbonyl (C=O) groups is 3. The topological polar surface area (TPSA) is 133 Å². The fraction of sp³-hybridized carbons (Fsp3) is 0.214. The van der Waals surface area contributed by atoms with Crippen molar-refractivity contribution in [1.29, 1.82) is 0 Å². The molecule has 0 aliphatic heterocycles. The molecule has 0 amide bonds. The van der Waals surface area contributed by atoms with Crippen LogP contribution in [0.2, 0.25) is 0 Å². The molecule has 0 bridgehead atoms. The first kappa shape index (κ1) is 14.7. The standard InChI is InChI=1S/C14H14N2O5/c15-12(14(20)21)11(13(18)19)10(17)6-8-5-7-3-1-2-4-9(7)16-8/h1-5,11-12,16H,6,15H2,(H,18,19)(H,20,21)/t11?,12-/m0/s1. The third kappa shape index (κ3) is 3.09. The first-order valence-electron chi connectivity index (χ1n) is 6.20. The van der Waals surface area contributed by atoms with Crippen LogP contribution in [0.25, 0.3) is 10.9 Å². The summed E-state index contributed by atoms with van der Waals surface area (Å²) in [7, 11) is 0. The molecule has 2 aromatic rings. The highest BCUT2D eigenvalue weighted by atomic mass is 16.4. The normalized spacial score (nSPS) is 13.8. The van der Waals surface area contributed by atoms with Crippen molar-refractivity contribution in [3.63, 3.8) is 0 Å². The summed E-state index contributed by atoms with van der Waals surface area (Å²) in [6.07, 6.45) is -0.216. The second-order valence-corrected chi connectivity index (χ2v) is 4.70. The number of Topliss-reactive ketones (excluding diaryl/α,β-unsaturated/α-hetero) is 1. The average Bonchev–Trinajstić information content (AvgIpc) is 2.79. The second kappa shape index (κ2) is 5.76. The van der Waals surface area contributed by atoms with E-state index in [0.717, 1.165) is 10.9 Å². The number of aromatic nitrogens is 1. The lowest BCUT2D eigenvalue weighted by Crippen LogP contribution is -2.46. The maximum absolute atomic E-state index is 12.0. The zero-order valence-electron chi connectivity index (χ0n) is 10.9. The van der Waals surface area contributed by atoms with E-state index in [1.54, 1.807) is 6.07 Å². The first-order valence-corrected chi connectivity index (χ1v) is 6.20. The van der Waals surface area contributed by atoms with Gasteiger partial charge in [-0.3, -0.25) is 14.4 Å². The lowest BCUT2D eigenvalue weighted by atomic mass is 9.93. The molecular weight excluding hydrogens is 276 g/mol. The van der Waals surface area contributed by atoms with E-state index in [-0.39, 0.29) is 6.42 Å². The molecule has 1 aromatic carbocycles. The molecule has 7 heteroatoms. The van der Waals surface area contributed by atoms with E-state index in [0.29, 0.717) is 5.69 Å². The van der Waals surface area contributed by atoms with Crippen LogP contribution < -0.4 is 5.73 Å². The number of fused-ring (bicyclic) bond motifs is 1. The summed E-state index contributed by atoms with van der Waals surface area (Å²) < 4.78 is 0. The number of carboxylic acids is 2. The molecule has 1 unspecified atom stereocenters. The number of H-pyrrole nitrogens is 1. The monoisotopic (exact) mass is 290 g/mol. The number of aliphatic carboxylic acids is 2. The summed E-state index contributed by atoms with van der Waals surface area (Å²) in [5.74, 6) is -5.57. The zero-order chi connectivity index (χ0) is 15.6. The van der Waals surface area contributed by atoms with Crippen LogP contribution in [0.4, 0.5) is 0 Å². The smallest absolute Gasteiger partial charge is 0.321 e. The van der Waals surface area contributed by atoms with Crippen molar-refractivity contribution in [3.05, 3.63) is 36.0 Å². The van der Waals surface area contributed by atoms with E-state index in [4.69, 9.17) is 15.9 Å². The Morgan fingerprint density at radius 2 is 1.81 bits per heavy atom. The molecule has 2 rings (SSSR count). The third-order valence-electron chi connectivity index (χ3n) is 3.21. The van der Waals surface area contributed by atoms with Crippen molar-refractivity contribution < 1.29 is 24.6 Å². The molecule has 21 heavy (non-hydrogen) atoms. The Balaban J connectivity index is 2.22. The van der Waals surface area contributed by atoms with Gasteiger partial charge in [0.2, 0.25) is 0 Å². The average molecular weight is 290 g/mol. The molecule has 0 saturated carbocycles. The Hall–Kier alpha value is -2.67. The highest BCUT2D eigenvalue weighted by molar-refractivity contribution is 6.03. The number of hydrogen-bond acceptors (Lipinski definition) is 4. The molecule has 0 aliphatic rings. The summed E-state index contributed by atoms with van der Waals surface area (Å²) in [6, 6.07) is 7.28. The Morgan fingerprint density at radius 3 is 2.38 bits per heavy atom. The lowest BCUT2D eigenvalue weighted by Gasteiger charge is -2.14. The molecule has 7 nitrogen and oxygen atoms in total. The summed E-state index contributed by atoms with van der Waals surface area (Å²) in [4.78, 5) is 36.9. The lowest BCUT2D eigenvalue weighted by molar-refractivity contribution is -0.153. The summed E-state index contributed by atoms with van der Waals surface area (Å²) >= 11 is 0. The third-order valence-corrected chi connectivity index (χ3v) is 3.21. The van der Waals surface area contributed by atoms with Crippen LogP contribution in [-0.4, -0.2) is 39.0 Å². The number of aromatic amines is 1. The largest absolute Gasteiger partial charge is 0.481 e. The van der Waals surface area contributed by atoms with Crippen molar-refractivity contribution in [2.75, 3.05) is 0 Å². The van der Waals surface area contributed by atoms with Crippen LogP contribution in [0.15, 0.2) is 30.3 Å². The van der Waals surface area contributed by atoms with Crippen molar-refractivity contribution in [2.45, 2.75) is 12.5 Å². The minimum atomic E-state index is -1.77. The van der Waals surface area contributed by atoms with Crippen LogP contribution in [0.5, 0.6) is 0 Å². The predicted molar refractivity (Wildman–Crippen MR) is 73.7 cm³/mol. The van der Waals surface area contributed by atoms with Gasteiger partial charge in [-0.05, 0) is 17.5 Å². The quantitative estimate of drug-likeness (QED) is 0.569. The van der Waals surface area contributed by atoms with Gasteiger partial charge in [-0.15, -0.1) is 0 Å². The molecule has 5 N–H and O–H groups in total. The van der Waals surface area contributed by atoms with Crippen LogP contribution in [0.1, 0.15) is 5.69 Å². The van der Waals surface area contributed by atoms with Crippen molar-refractivity contribution >= 4 is 28.6 Å². The molecule has 110 valence electrons. The summed E-state index contributed by atoms with van der Waals surface area (Å²) in [6.45, 7) is 0. The van der Waals surface area contributed by atoms with E-state index in [2.05, 4.69) is 4.98 Å². The van der Waals surface area contributed by atoms with Gasteiger partial charge in [-0.25, -0.2) is 0 Å². The first-order chi connectivity index (χ1) is 9.90. The van der Waals surface area contributed by atoms with Crippen LogP contribution in [-0.2, 0) is 20.8 Å². The number of rotatable bonds is 6. The minimum absolute atomic E-state index is 0.216. The fourth-order valence-electron chi connectivity index (χ4n) is 2.16. The molecule has 0 fully saturated rings. The van der Waals surface area contributed by atoms with Crippen LogP contribution in [0.3, 0.4) is 0 Å². The highest BCUT2D eigenvalue weighted by Gasteiger charge is 2.36. The Kier molecular flexibility index (Phi) is 4.04. The van der Waals surface area contributed by atoms with Gasteiger partial charge in [-0.1, -0.05) is 18.2 Å². The number of nitrogens with two attached hydrogens (primary N) is 1. The zero-order valence-corrected chi connectivity index (χ0v) is 10.9. The molecule has 1 heterocycles. The minimum Gasteiger partial charge on any atom is -0.481 e. The molecule has 0 spiro atoms. The fourth-order valence-corrected chi connectivity index (χ4v) is 2.16. The Morgan fingerprint density at radius 1 is 1.14 bits per heavy atom. The van der Waals surface area contributed by atoms with Gasteiger partial charge in [0.25, 0.3) is 0 Å². The van der Waals surface area contributed by atoms with Crippen molar-refractivity contribution in [3.8, 4) is 0 Å². The molecule has 0 radical (unpaired) electrons. The number of hydrogen-bond donors (Lipinski definition) is 4. The van der Waals surface area contributed by atoms with Gasteiger partial charge in [0.1, 0.15) is 12.0 Å². The van der Waals surface area contributed by atoms with E-state index in [1.807, 2.05) is 24.3 Å². The van der Waals surface area contributed by atoms with Crippen molar-refractivity contribution in [2.24, 2.45) is 11.7 Å². The highest BCUT2D eigenvalue weighted by Crippen LogP contribution is 2.17. The number of carboxylic acid groups (broad SMARTS) is 2. The number of para-hydroxylation sites is 1. The van der Waals surface area contributed by atoms with Gasteiger partial charge in [0, 0.05) is 17.6 Å². The van der Waals surface area contributed by atoms with Crippen molar-refractivity contribution in [1.82, 2.24) is 4.98 Å². The maximum atomic E-state index is 12.0. The molecule has 0 saturated heterocycles. The van der Waals surface area contributed by atoms with E-state index < -0.39 is 29.7 Å². The predicted octanol–water partition coefficient (Wildman–Crippen LogP) is 0.392. The van der Waals surface area contributed by atoms with Gasteiger partial charge < -0.3 is 20.9 Å². The Bertz CT molecular complexity index is 673. The van der Waals surface area contributed by atoms with E-state index >= 15 is 0 Å². The maximum Gasteiger partial charge on any atom is 0.321 e. The Labute approximate surface area is 119 Å². The molecular formula is C14H14N2O5. The number of benzene rings is 1. The SMILES string of the molecule is N[C@H](C(=O)O)C(C(=O)O)C(=O)Cc1cc2ccccc2[nH]1. The van der Waals surface area contributed by atoms with Gasteiger partial charge >= 0.3 is 11.9 Å². The van der Waals surface area contributed by atoms with E-state index in [9.17, 15) is 14.4 Å². The molecule has 0 aliphatic carbocycles. The van der Waals surface area contributed by atoms with Crippen LogP contribution >= 0.6 is 0 Å². The van der Waals surface area contributed by atoms with Gasteiger partial charge in [0.15, 0.2) is 5.78 Å². The molecule has 1 aromatic heterocycles. The molecule has 2 atom stereocenters. The van der Waals surface area contributed by atoms with E-state index in [1.165, 1.54) is 0 Å². The summed E-state index contributed by atoms with van der Waals surface area (Å²) in [5.41, 5.74) is 6.61. The number of ketones is 1. The van der Waals surface area contributed by atoms with Crippen LogP contribution in [0, 0.1) is 5.92 Å². The summed E-state index contributed by atoms with van der Waals surface area (Å²) in [5, 5.41) is 18.7. The number of carbonyl (C=O) groups excluding carboxylic acids is 1. The second-order valence-electron chi connectivity index (χ2n) is 4.70. The number of nitrogens with one attached hydrogen (secondary N) is 1. The van der Waals surface area contributed by atoms with Gasteiger partial charge in [0.05, 0.1) is 0 Å². The van der Waals surface area contributed by atoms with Gasteiger partial charge in [-0.2, -0.15) is 0 Å².